The molecule has 38 heavy (non-hydrogen) atoms. The van der Waals surface area contributed by atoms with Crippen molar-refractivity contribution < 1.29 is 0 Å². The highest BCUT2D eigenvalue weighted by Crippen LogP contribution is 2.39. The SMILES string of the molecule is [B]C(Nc1cc(Cl)c2ncc(C#N)c(NCC(C)(C)C)c2c1)(C1=CN(CCC=C)NN1)c1ccccc1Cl. The third-order valence-corrected chi connectivity index (χ3v) is 6.72. The van der Waals surface area contributed by atoms with Gasteiger partial charge in [-0.25, -0.2) is 0 Å². The number of nitrogens with zero attached hydrogens (tertiary/aromatic N) is 3. The lowest BCUT2D eigenvalue weighted by Gasteiger charge is -2.35. The Morgan fingerprint density at radius 3 is 2.66 bits per heavy atom. The Balaban J connectivity index is 1.83. The maximum Gasteiger partial charge on any atom is 0.119 e. The van der Waals surface area contributed by atoms with Crippen molar-refractivity contribution in [1.82, 2.24) is 21.0 Å². The van der Waals surface area contributed by atoms with Gasteiger partial charge in [0.05, 0.1) is 32.9 Å². The van der Waals surface area contributed by atoms with E-state index in [4.69, 9.17) is 31.0 Å². The molecule has 3 aromatic rings. The Labute approximate surface area is 235 Å². The molecular weight excluding hydrogens is 516 g/mol. The van der Waals surface area contributed by atoms with Crippen LogP contribution < -0.4 is 21.6 Å². The average Bonchev–Trinajstić information content (AvgIpc) is 3.35. The molecule has 10 heteroatoms. The Bertz CT molecular complexity index is 1430. The predicted octanol–water partition coefficient (Wildman–Crippen LogP) is 6.05. The number of nitrogens with one attached hydrogen (secondary N) is 4. The molecule has 194 valence electrons. The van der Waals surface area contributed by atoms with Gasteiger partial charge in [-0.2, -0.15) is 5.26 Å². The molecule has 2 radical (unpaired) electrons. The van der Waals surface area contributed by atoms with E-state index in [1.54, 1.807) is 18.3 Å². The molecule has 0 saturated heterocycles. The topological polar surface area (TPSA) is 88.0 Å². The Kier molecular flexibility index (Phi) is 8.12. The van der Waals surface area contributed by atoms with Gasteiger partial charge in [-0.05, 0) is 35.6 Å². The van der Waals surface area contributed by atoms with Crippen molar-refractivity contribution in [2.75, 3.05) is 23.7 Å². The van der Waals surface area contributed by atoms with Crippen molar-refractivity contribution in [1.29, 1.82) is 5.26 Å². The lowest BCUT2D eigenvalue weighted by molar-refractivity contribution is 0.274. The van der Waals surface area contributed by atoms with Crippen LogP contribution in [0.2, 0.25) is 10.0 Å². The van der Waals surface area contributed by atoms with Gasteiger partial charge >= 0.3 is 0 Å². The van der Waals surface area contributed by atoms with E-state index >= 15 is 0 Å². The summed E-state index contributed by atoms with van der Waals surface area (Å²) < 4.78 is 0. The standard InChI is InChI=1S/C28H30BCl2N7/c1-5-6-11-38-16-24(36-37-38)28(29,21-9-7-8-10-22(21)30)35-19-12-20-25(34-17-27(2,3)4)18(14-32)15-33-26(20)23(31)13-19/h5,7-10,12-13,15-16,35-37H,1,6,11,17H2,2-4H3,(H,33,34). The number of fused-ring (bicyclic) bond motifs is 1. The fourth-order valence-corrected chi connectivity index (χ4v) is 4.71. The summed E-state index contributed by atoms with van der Waals surface area (Å²) in [5.74, 6) is 0. The lowest BCUT2D eigenvalue weighted by atomic mass is 9.69. The number of nitriles is 1. The first kappa shape index (κ1) is 27.7. The fourth-order valence-electron chi connectivity index (χ4n) is 4.15. The highest BCUT2D eigenvalue weighted by molar-refractivity contribution is 6.36. The van der Waals surface area contributed by atoms with Crippen LogP contribution in [0.5, 0.6) is 0 Å². The zero-order valence-corrected chi connectivity index (χ0v) is 23.2. The highest BCUT2D eigenvalue weighted by atomic mass is 35.5. The molecule has 0 spiro atoms. The second-order valence-electron chi connectivity index (χ2n) is 10.4. The van der Waals surface area contributed by atoms with E-state index in [2.05, 4.69) is 60.0 Å². The van der Waals surface area contributed by atoms with Crippen LogP contribution in [-0.4, -0.2) is 30.9 Å². The number of halogens is 2. The van der Waals surface area contributed by atoms with E-state index in [1.807, 2.05) is 41.6 Å². The number of hydrogen-bond acceptors (Lipinski definition) is 7. The first-order valence-corrected chi connectivity index (χ1v) is 13.0. The molecule has 1 aliphatic heterocycles. The van der Waals surface area contributed by atoms with Crippen LogP contribution in [-0.2, 0) is 5.44 Å². The molecule has 4 rings (SSSR count). The minimum Gasteiger partial charge on any atom is -0.383 e. The first-order valence-electron chi connectivity index (χ1n) is 12.3. The zero-order valence-electron chi connectivity index (χ0n) is 21.7. The van der Waals surface area contributed by atoms with Gasteiger partial charge in [-0.3, -0.25) is 9.99 Å². The molecule has 1 atom stereocenters. The van der Waals surface area contributed by atoms with Crippen molar-refractivity contribution in [3.05, 3.63) is 88.3 Å². The largest absolute Gasteiger partial charge is 0.383 e. The van der Waals surface area contributed by atoms with Gasteiger partial charge in [0.15, 0.2) is 0 Å². The smallest absolute Gasteiger partial charge is 0.119 e. The van der Waals surface area contributed by atoms with Gasteiger partial charge in [0.2, 0.25) is 0 Å². The van der Waals surface area contributed by atoms with Crippen LogP contribution in [0, 0.1) is 16.7 Å². The Morgan fingerprint density at radius 2 is 1.97 bits per heavy atom. The van der Waals surface area contributed by atoms with E-state index < -0.39 is 5.44 Å². The fraction of sp³-hybridized carbons (Fsp3) is 0.286. The Morgan fingerprint density at radius 1 is 1.21 bits per heavy atom. The molecule has 1 unspecified atom stereocenters. The zero-order chi connectivity index (χ0) is 27.5. The van der Waals surface area contributed by atoms with Crippen molar-refractivity contribution in [3.63, 3.8) is 0 Å². The summed E-state index contributed by atoms with van der Waals surface area (Å²) >= 11 is 13.4. The van der Waals surface area contributed by atoms with Crippen molar-refractivity contribution >= 4 is 53.3 Å². The van der Waals surface area contributed by atoms with E-state index in [1.165, 1.54) is 0 Å². The van der Waals surface area contributed by atoms with E-state index in [0.717, 1.165) is 6.42 Å². The molecule has 1 aliphatic rings. The molecule has 2 heterocycles. The first-order chi connectivity index (χ1) is 18.1. The quantitative estimate of drug-likeness (QED) is 0.192. The number of anilines is 2. The second kappa shape index (κ2) is 11.2. The van der Waals surface area contributed by atoms with Crippen LogP contribution in [0.4, 0.5) is 11.4 Å². The minimum absolute atomic E-state index is 0.0104. The molecule has 4 N–H and O–H groups in total. The third-order valence-electron chi connectivity index (χ3n) is 6.10. The van der Waals surface area contributed by atoms with Gasteiger partial charge in [0, 0.05) is 41.6 Å². The number of rotatable bonds is 9. The van der Waals surface area contributed by atoms with Crippen LogP contribution in [0.15, 0.2) is 67.1 Å². The van der Waals surface area contributed by atoms with Gasteiger partial charge in [-0.15, -0.1) is 12.1 Å². The van der Waals surface area contributed by atoms with Crippen molar-refractivity contribution in [3.8, 4) is 6.07 Å². The predicted molar refractivity (Wildman–Crippen MR) is 158 cm³/mol. The molecule has 0 amide bonds. The van der Waals surface area contributed by atoms with Gasteiger partial charge in [0.25, 0.3) is 0 Å². The van der Waals surface area contributed by atoms with E-state index in [9.17, 15) is 5.26 Å². The second-order valence-corrected chi connectivity index (χ2v) is 11.2. The van der Waals surface area contributed by atoms with Crippen LogP contribution in [0.3, 0.4) is 0 Å². The molecular formula is C28H30BCl2N7. The van der Waals surface area contributed by atoms with Gasteiger partial charge in [0.1, 0.15) is 13.9 Å². The number of hydrazine groups is 2. The highest BCUT2D eigenvalue weighted by Gasteiger charge is 2.35. The van der Waals surface area contributed by atoms with Gasteiger partial charge in [-0.1, -0.05) is 68.2 Å². The normalized spacial score (nSPS) is 14.8. The van der Waals surface area contributed by atoms with Crippen LogP contribution in [0.25, 0.3) is 10.9 Å². The molecule has 0 bridgehead atoms. The summed E-state index contributed by atoms with van der Waals surface area (Å²) in [6, 6.07) is 13.3. The summed E-state index contributed by atoms with van der Waals surface area (Å²) in [6.45, 7) is 11.5. The van der Waals surface area contributed by atoms with Crippen molar-refractivity contribution in [2.45, 2.75) is 32.6 Å². The summed E-state index contributed by atoms with van der Waals surface area (Å²) in [5.41, 5.74) is 8.67. The summed E-state index contributed by atoms with van der Waals surface area (Å²) in [6.07, 6.45) is 6.07. The molecule has 2 aromatic carbocycles. The van der Waals surface area contributed by atoms with E-state index in [-0.39, 0.29) is 5.41 Å². The molecule has 0 fully saturated rings. The molecule has 0 saturated carbocycles. The van der Waals surface area contributed by atoms with Crippen molar-refractivity contribution in [2.24, 2.45) is 5.41 Å². The number of hydrogen-bond donors (Lipinski definition) is 4. The number of aromatic nitrogens is 1. The van der Waals surface area contributed by atoms with Crippen LogP contribution in [0.1, 0.15) is 38.3 Å². The maximum absolute atomic E-state index is 9.79. The third kappa shape index (κ3) is 5.86. The van der Waals surface area contributed by atoms with Gasteiger partial charge < -0.3 is 16.1 Å². The lowest BCUT2D eigenvalue weighted by Crippen LogP contribution is -2.45. The summed E-state index contributed by atoms with van der Waals surface area (Å²) in [4.78, 5) is 4.46. The summed E-state index contributed by atoms with van der Waals surface area (Å²) in [5, 5.41) is 20.2. The summed E-state index contributed by atoms with van der Waals surface area (Å²) in [7, 11) is 7.11. The molecule has 1 aromatic heterocycles. The molecule has 7 nitrogen and oxygen atoms in total. The number of pyridine rings is 1. The monoisotopic (exact) mass is 545 g/mol. The van der Waals surface area contributed by atoms with E-state index in [0.29, 0.717) is 62.2 Å². The Hall–Kier alpha value is -3.38. The van der Waals surface area contributed by atoms with Crippen LogP contribution >= 0.6 is 23.2 Å². The molecule has 0 aliphatic carbocycles. The maximum atomic E-state index is 9.79. The minimum atomic E-state index is -1.26. The average molecular weight is 546 g/mol. The number of benzene rings is 2.